The fourth-order valence-corrected chi connectivity index (χ4v) is 3.64. The number of hydrogen-bond donors (Lipinski definition) is 0. The van der Waals surface area contributed by atoms with Crippen LogP contribution in [0.5, 0.6) is 0 Å². The molecular formula is C10H9BrN2OS2. The summed E-state index contributed by atoms with van der Waals surface area (Å²) < 4.78 is 1.06. The molecule has 0 spiro atoms. The molecule has 1 aliphatic heterocycles. The Morgan fingerprint density at radius 2 is 2.25 bits per heavy atom. The molecule has 1 fully saturated rings. The van der Waals surface area contributed by atoms with E-state index in [0.717, 1.165) is 18.7 Å². The lowest BCUT2D eigenvalue weighted by molar-refractivity contribution is -0.121. The molecule has 0 bridgehead atoms. The summed E-state index contributed by atoms with van der Waals surface area (Å²) in [7, 11) is 3.43. The average Bonchev–Trinajstić information content (AvgIpc) is 2.78. The standard InChI is InChI=1S/C10H9BrN2OS2/c1-12-10-13(2)9(14)7(16-10)5-6-3-4-8(11)15-6/h3-5H,1-2H3/b7-5+,12-10?. The van der Waals surface area contributed by atoms with Crippen molar-refractivity contribution >= 4 is 56.2 Å². The second-order valence-electron chi connectivity index (χ2n) is 3.12. The van der Waals surface area contributed by atoms with Gasteiger partial charge in [-0.3, -0.25) is 14.7 Å². The molecule has 0 saturated carbocycles. The van der Waals surface area contributed by atoms with Crippen LogP contribution in [0, 0.1) is 0 Å². The first kappa shape index (κ1) is 11.9. The predicted molar refractivity (Wildman–Crippen MR) is 73.7 cm³/mol. The number of amides is 1. The largest absolute Gasteiger partial charge is 0.290 e. The van der Waals surface area contributed by atoms with Crippen molar-refractivity contribution in [3.05, 3.63) is 25.7 Å². The molecule has 16 heavy (non-hydrogen) atoms. The zero-order valence-electron chi connectivity index (χ0n) is 8.73. The molecule has 84 valence electrons. The molecule has 0 unspecified atom stereocenters. The molecule has 1 aliphatic rings. The Morgan fingerprint density at radius 3 is 2.75 bits per heavy atom. The van der Waals surface area contributed by atoms with Gasteiger partial charge in [-0.15, -0.1) is 11.3 Å². The quantitative estimate of drug-likeness (QED) is 0.746. The van der Waals surface area contributed by atoms with Gasteiger partial charge in [-0.1, -0.05) is 0 Å². The topological polar surface area (TPSA) is 32.7 Å². The van der Waals surface area contributed by atoms with Gasteiger partial charge in [0.25, 0.3) is 5.91 Å². The molecule has 2 rings (SSSR count). The molecule has 0 N–H and O–H groups in total. The number of aliphatic imine (C=N–C) groups is 1. The smallest absolute Gasteiger partial charge is 0.266 e. The maximum absolute atomic E-state index is 11.8. The Labute approximate surface area is 110 Å². The summed E-state index contributed by atoms with van der Waals surface area (Å²) in [6, 6.07) is 3.95. The highest BCUT2D eigenvalue weighted by molar-refractivity contribution is 9.11. The summed E-state index contributed by atoms with van der Waals surface area (Å²) in [5.41, 5.74) is 0. The molecule has 3 nitrogen and oxygen atoms in total. The van der Waals surface area contributed by atoms with Crippen molar-refractivity contribution in [1.29, 1.82) is 0 Å². The summed E-state index contributed by atoms with van der Waals surface area (Å²) >= 11 is 6.41. The van der Waals surface area contributed by atoms with E-state index in [9.17, 15) is 4.79 Å². The van der Waals surface area contributed by atoms with Crippen LogP contribution >= 0.6 is 39.0 Å². The fraction of sp³-hybridized carbons (Fsp3) is 0.200. The Hall–Kier alpha value is -0.590. The Balaban J connectivity index is 2.30. The molecular weight excluding hydrogens is 308 g/mol. The van der Waals surface area contributed by atoms with Crippen molar-refractivity contribution in [3.8, 4) is 0 Å². The molecule has 0 radical (unpaired) electrons. The summed E-state index contributed by atoms with van der Waals surface area (Å²) in [4.78, 5) is 19.2. The molecule has 1 amide bonds. The van der Waals surface area contributed by atoms with E-state index in [2.05, 4.69) is 20.9 Å². The van der Waals surface area contributed by atoms with Crippen molar-refractivity contribution in [3.63, 3.8) is 0 Å². The number of rotatable bonds is 1. The van der Waals surface area contributed by atoms with Gasteiger partial charge in [0.15, 0.2) is 5.17 Å². The summed E-state index contributed by atoms with van der Waals surface area (Å²) in [5, 5.41) is 0.742. The van der Waals surface area contributed by atoms with E-state index in [4.69, 9.17) is 0 Å². The number of thiophene rings is 1. The van der Waals surface area contributed by atoms with Gasteiger partial charge in [-0.25, -0.2) is 0 Å². The first-order chi connectivity index (χ1) is 7.61. The number of halogens is 1. The van der Waals surface area contributed by atoms with Crippen LogP contribution in [0.3, 0.4) is 0 Å². The first-order valence-corrected chi connectivity index (χ1v) is 6.94. The minimum atomic E-state index is 0.00937. The third-order valence-electron chi connectivity index (χ3n) is 2.06. The van der Waals surface area contributed by atoms with Gasteiger partial charge in [0.1, 0.15) is 0 Å². The van der Waals surface area contributed by atoms with Crippen LogP contribution in [0.1, 0.15) is 4.88 Å². The Morgan fingerprint density at radius 1 is 1.50 bits per heavy atom. The van der Waals surface area contributed by atoms with E-state index in [-0.39, 0.29) is 5.91 Å². The van der Waals surface area contributed by atoms with Crippen LogP contribution in [-0.2, 0) is 4.79 Å². The van der Waals surface area contributed by atoms with E-state index in [1.807, 2.05) is 18.2 Å². The van der Waals surface area contributed by atoms with Crippen LogP contribution in [-0.4, -0.2) is 30.1 Å². The van der Waals surface area contributed by atoms with Gasteiger partial charge >= 0.3 is 0 Å². The monoisotopic (exact) mass is 316 g/mol. The van der Waals surface area contributed by atoms with Crippen molar-refractivity contribution in [1.82, 2.24) is 4.90 Å². The van der Waals surface area contributed by atoms with Gasteiger partial charge in [0.05, 0.1) is 8.69 Å². The zero-order valence-corrected chi connectivity index (χ0v) is 11.9. The maximum atomic E-state index is 11.8. The lowest BCUT2D eigenvalue weighted by Gasteiger charge is -2.04. The second-order valence-corrected chi connectivity index (χ2v) is 6.63. The summed E-state index contributed by atoms with van der Waals surface area (Å²) in [6.07, 6.45) is 1.90. The normalized spacial score (nSPS) is 21.4. The third kappa shape index (κ3) is 2.23. The fourth-order valence-electron chi connectivity index (χ4n) is 1.28. The van der Waals surface area contributed by atoms with Crippen molar-refractivity contribution in [2.75, 3.05) is 14.1 Å². The number of carbonyl (C=O) groups excluding carboxylic acids is 1. The SMILES string of the molecule is CN=C1S/C(=C/c2ccc(Br)s2)C(=O)N1C. The molecule has 1 aromatic rings. The highest BCUT2D eigenvalue weighted by Crippen LogP contribution is 2.33. The van der Waals surface area contributed by atoms with Gasteiger partial charge in [-0.05, 0) is 45.9 Å². The molecule has 0 aliphatic carbocycles. The van der Waals surface area contributed by atoms with Gasteiger partial charge < -0.3 is 0 Å². The van der Waals surface area contributed by atoms with Crippen molar-refractivity contribution in [2.24, 2.45) is 4.99 Å². The summed E-state index contributed by atoms with van der Waals surface area (Å²) in [5.74, 6) is 0.00937. The number of amidine groups is 1. The predicted octanol–water partition coefficient (Wildman–Crippen LogP) is 3.04. The van der Waals surface area contributed by atoms with E-state index in [0.29, 0.717) is 0 Å². The highest BCUT2D eigenvalue weighted by atomic mass is 79.9. The number of likely N-dealkylation sites (N-methyl/N-ethyl adjacent to an activating group) is 1. The van der Waals surface area contributed by atoms with E-state index in [1.54, 1.807) is 30.3 Å². The van der Waals surface area contributed by atoms with Crippen molar-refractivity contribution < 1.29 is 4.79 Å². The number of hydrogen-bond acceptors (Lipinski definition) is 4. The second kappa shape index (κ2) is 4.73. The number of thioether (sulfide) groups is 1. The van der Waals surface area contributed by atoms with Crippen LogP contribution in [0.25, 0.3) is 6.08 Å². The first-order valence-electron chi connectivity index (χ1n) is 4.51. The molecule has 0 atom stereocenters. The lowest BCUT2D eigenvalue weighted by atomic mass is 10.4. The maximum Gasteiger partial charge on any atom is 0.266 e. The van der Waals surface area contributed by atoms with Crippen LogP contribution in [0.2, 0.25) is 0 Å². The average molecular weight is 317 g/mol. The molecule has 6 heteroatoms. The molecule has 0 aromatic carbocycles. The van der Waals surface area contributed by atoms with Gasteiger partial charge in [0, 0.05) is 19.0 Å². The van der Waals surface area contributed by atoms with E-state index >= 15 is 0 Å². The highest BCUT2D eigenvalue weighted by Gasteiger charge is 2.29. The molecule has 2 heterocycles. The summed E-state index contributed by atoms with van der Waals surface area (Å²) in [6.45, 7) is 0. The zero-order chi connectivity index (χ0) is 11.7. The number of nitrogens with zero attached hydrogens (tertiary/aromatic N) is 2. The lowest BCUT2D eigenvalue weighted by Crippen LogP contribution is -2.23. The van der Waals surface area contributed by atoms with E-state index in [1.165, 1.54) is 11.8 Å². The van der Waals surface area contributed by atoms with Crippen LogP contribution in [0.15, 0.2) is 25.8 Å². The van der Waals surface area contributed by atoms with Crippen molar-refractivity contribution in [2.45, 2.75) is 0 Å². The van der Waals surface area contributed by atoms with Crippen LogP contribution in [0.4, 0.5) is 0 Å². The van der Waals surface area contributed by atoms with Gasteiger partial charge in [-0.2, -0.15) is 0 Å². The van der Waals surface area contributed by atoms with Crippen LogP contribution < -0.4 is 0 Å². The Kier molecular flexibility index (Phi) is 3.51. The molecule has 1 saturated heterocycles. The third-order valence-corrected chi connectivity index (χ3v) is 4.78. The molecule has 1 aromatic heterocycles. The van der Waals surface area contributed by atoms with E-state index < -0.39 is 0 Å². The Bertz CT molecular complexity index is 493. The number of carbonyl (C=O) groups is 1. The van der Waals surface area contributed by atoms with Gasteiger partial charge in [0.2, 0.25) is 0 Å². The minimum absolute atomic E-state index is 0.00937. The minimum Gasteiger partial charge on any atom is -0.290 e.